The largest absolute Gasteiger partial charge is 0.444 e. The van der Waals surface area contributed by atoms with Gasteiger partial charge in [-0.2, -0.15) is 0 Å². The monoisotopic (exact) mass is 451 g/mol. The number of esters is 1. The van der Waals surface area contributed by atoms with E-state index in [1.807, 2.05) is 37.3 Å². The summed E-state index contributed by atoms with van der Waals surface area (Å²) in [5.41, 5.74) is 1.29. The molecule has 0 aliphatic heterocycles. The first kappa shape index (κ1) is 24.0. The zero-order chi connectivity index (χ0) is 24.2. The topological polar surface area (TPSA) is 94.8 Å². The second-order valence-corrected chi connectivity index (χ2v) is 8.82. The van der Waals surface area contributed by atoms with Crippen LogP contribution in [0.2, 0.25) is 0 Å². The molecule has 174 valence electrons. The van der Waals surface area contributed by atoms with Gasteiger partial charge in [-0.15, -0.1) is 0 Å². The molecule has 1 atom stereocenters. The molecule has 33 heavy (non-hydrogen) atoms. The minimum atomic E-state index is -0.873. The lowest BCUT2D eigenvalue weighted by Crippen LogP contribution is -2.45. The number of aryl methyl sites for hydroxylation is 1. The number of rotatable bonds is 6. The van der Waals surface area contributed by atoms with Crippen LogP contribution >= 0.6 is 0 Å². The van der Waals surface area contributed by atoms with Gasteiger partial charge in [0.15, 0.2) is 0 Å². The highest BCUT2D eigenvalue weighted by atomic mass is 16.6. The molecule has 7 nitrogen and oxygen atoms in total. The van der Waals surface area contributed by atoms with E-state index < -0.39 is 29.3 Å². The Labute approximate surface area is 192 Å². The Morgan fingerprint density at radius 3 is 2.42 bits per heavy atom. The number of fused-ring (bicyclic) bond motifs is 1. The fraction of sp³-hybridized carbons (Fsp3) is 0.346. The van der Waals surface area contributed by atoms with Crippen LogP contribution in [0.5, 0.6) is 5.75 Å². The first-order valence-electron chi connectivity index (χ1n) is 10.9. The molecule has 2 aromatic carbocycles. The number of nitrogens with one attached hydrogen (secondary N) is 1. The number of benzene rings is 2. The lowest BCUT2D eigenvalue weighted by atomic mass is 10.00. The predicted molar refractivity (Wildman–Crippen MR) is 126 cm³/mol. The second-order valence-electron chi connectivity index (χ2n) is 8.82. The molecule has 0 saturated heterocycles. The third kappa shape index (κ3) is 6.00. The summed E-state index contributed by atoms with van der Waals surface area (Å²) in [6.45, 7) is 8.86. The molecule has 1 N–H and O–H groups in total. The molecular weight excluding hydrogens is 422 g/mol. The molecule has 0 saturated carbocycles. The fourth-order valence-corrected chi connectivity index (χ4v) is 3.48. The molecular formula is C26H29NO6. The van der Waals surface area contributed by atoms with Crippen molar-refractivity contribution in [1.29, 1.82) is 0 Å². The Morgan fingerprint density at radius 1 is 1.09 bits per heavy atom. The Kier molecular flexibility index (Phi) is 7.21. The van der Waals surface area contributed by atoms with Crippen LogP contribution in [-0.2, 0) is 9.53 Å². The zero-order valence-electron chi connectivity index (χ0n) is 19.6. The summed E-state index contributed by atoms with van der Waals surface area (Å²) in [6, 6.07) is 13.5. The number of hydrogen-bond acceptors (Lipinski definition) is 6. The van der Waals surface area contributed by atoms with E-state index in [4.69, 9.17) is 13.9 Å². The average molecular weight is 452 g/mol. The maximum Gasteiger partial charge on any atom is 0.408 e. The molecule has 1 heterocycles. The predicted octanol–water partition coefficient (Wildman–Crippen LogP) is 5.37. The van der Waals surface area contributed by atoms with Gasteiger partial charge in [-0.3, -0.25) is 0 Å². The number of carbonyl (C=O) groups excluding carboxylic acids is 2. The van der Waals surface area contributed by atoms with Crippen molar-refractivity contribution in [3.63, 3.8) is 0 Å². The number of ether oxygens (including phenoxy) is 2. The molecule has 0 fully saturated rings. The number of alkyl carbamates (subject to hydrolysis) is 1. The smallest absolute Gasteiger partial charge is 0.408 e. The van der Waals surface area contributed by atoms with E-state index in [9.17, 15) is 14.4 Å². The van der Waals surface area contributed by atoms with E-state index in [-0.39, 0.29) is 5.75 Å². The maximum atomic E-state index is 12.9. The molecule has 3 aromatic rings. The van der Waals surface area contributed by atoms with Gasteiger partial charge in [-0.25, -0.2) is 14.4 Å². The van der Waals surface area contributed by atoms with E-state index in [0.29, 0.717) is 24.0 Å². The zero-order valence-corrected chi connectivity index (χ0v) is 19.6. The van der Waals surface area contributed by atoms with E-state index in [1.165, 1.54) is 6.07 Å². The van der Waals surface area contributed by atoms with E-state index in [0.717, 1.165) is 16.5 Å². The van der Waals surface area contributed by atoms with Gasteiger partial charge in [0.05, 0.1) is 0 Å². The SMILES string of the molecule is CCCC(NC(=O)OC(C)(C)C)C(=O)Oc1ccc2c(-c3ccccc3)cc(=O)oc2c1C. The van der Waals surface area contributed by atoms with Crippen molar-refractivity contribution in [2.45, 2.75) is 59.1 Å². The highest BCUT2D eigenvalue weighted by molar-refractivity contribution is 5.96. The van der Waals surface area contributed by atoms with Crippen LogP contribution in [0.4, 0.5) is 4.79 Å². The van der Waals surface area contributed by atoms with Gasteiger partial charge in [0.25, 0.3) is 0 Å². The lowest BCUT2D eigenvalue weighted by Gasteiger charge is -2.23. The Hall–Kier alpha value is -3.61. The summed E-state index contributed by atoms with van der Waals surface area (Å²) >= 11 is 0. The van der Waals surface area contributed by atoms with E-state index in [1.54, 1.807) is 39.8 Å². The van der Waals surface area contributed by atoms with Crippen molar-refractivity contribution < 1.29 is 23.5 Å². The highest BCUT2D eigenvalue weighted by Gasteiger charge is 2.26. The minimum Gasteiger partial charge on any atom is -0.444 e. The van der Waals surface area contributed by atoms with E-state index in [2.05, 4.69) is 5.32 Å². The average Bonchev–Trinajstić information content (AvgIpc) is 2.74. The molecule has 0 bridgehead atoms. The molecule has 1 aromatic heterocycles. The fourth-order valence-electron chi connectivity index (χ4n) is 3.48. The number of hydrogen-bond donors (Lipinski definition) is 1. The van der Waals surface area contributed by atoms with Crippen molar-refractivity contribution in [3.05, 3.63) is 64.5 Å². The van der Waals surface area contributed by atoms with Crippen molar-refractivity contribution >= 4 is 23.0 Å². The Bertz CT molecular complexity index is 1210. The van der Waals surface area contributed by atoms with Crippen LogP contribution in [-0.4, -0.2) is 23.7 Å². The van der Waals surface area contributed by atoms with Crippen molar-refractivity contribution in [1.82, 2.24) is 5.32 Å². The molecule has 0 spiro atoms. The molecule has 3 rings (SSSR count). The quantitative estimate of drug-likeness (QED) is 0.308. The number of amides is 1. The highest BCUT2D eigenvalue weighted by Crippen LogP contribution is 2.33. The summed E-state index contributed by atoms with van der Waals surface area (Å²) in [7, 11) is 0. The van der Waals surface area contributed by atoms with E-state index >= 15 is 0 Å². The Morgan fingerprint density at radius 2 is 1.79 bits per heavy atom. The summed E-state index contributed by atoms with van der Waals surface area (Å²) in [4.78, 5) is 37.3. The molecule has 0 aliphatic carbocycles. The third-order valence-electron chi connectivity index (χ3n) is 4.96. The van der Waals surface area contributed by atoms with Gasteiger partial charge in [0, 0.05) is 17.0 Å². The van der Waals surface area contributed by atoms with Gasteiger partial charge < -0.3 is 19.2 Å². The van der Waals surface area contributed by atoms with Crippen molar-refractivity contribution in [2.24, 2.45) is 0 Å². The summed E-state index contributed by atoms with van der Waals surface area (Å²) in [6.07, 6.45) is 0.353. The second kappa shape index (κ2) is 9.90. The van der Waals surface area contributed by atoms with Crippen LogP contribution in [0.15, 0.2) is 57.7 Å². The van der Waals surface area contributed by atoms with Gasteiger partial charge in [0.2, 0.25) is 0 Å². The first-order valence-corrected chi connectivity index (χ1v) is 10.9. The lowest BCUT2D eigenvalue weighted by molar-refractivity contribution is -0.137. The summed E-state index contributed by atoms with van der Waals surface area (Å²) in [5.74, 6) is -0.361. The van der Waals surface area contributed by atoms with Crippen molar-refractivity contribution in [3.8, 4) is 16.9 Å². The normalized spacial score (nSPS) is 12.3. The maximum absolute atomic E-state index is 12.9. The standard InChI is InChI=1S/C26H29NO6/c1-6-10-20(27-25(30)33-26(3,4)5)24(29)31-21-14-13-18-19(17-11-8-7-9-12-17)15-22(28)32-23(18)16(21)2/h7-9,11-15,20H,6,10H2,1-5H3,(H,27,30). The minimum absolute atomic E-state index is 0.257. The van der Waals surface area contributed by atoms with Crippen LogP contribution in [0.3, 0.4) is 0 Å². The molecule has 0 radical (unpaired) electrons. The van der Waals surface area contributed by atoms with Gasteiger partial charge >= 0.3 is 17.7 Å². The molecule has 1 amide bonds. The van der Waals surface area contributed by atoms with Crippen LogP contribution < -0.4 is 15.7 Å². The van der Waals surface area contributed by atoms with Gasteiger partial charge in [0.1, 0.15) is 23.0 Å². The molecule has 1 unspecified atom stereocenters. The van der Waals surface area contributed by atoms with Crippen LogP contribution in [0.25, 0.3) is 22.1 Å². The summed E-state index contributed by atoms with van der Waals surface area (Å²) < 4.78 is 16.3. The molecule has 0 aliphatic rings. The number of carbonyl (C=O) groups is 2. The first-order chi connectivity index (χ1) is 15.6. The van der Waals surface area contributed by atoms with Crippen molar-refractivity contribution in [2.75, 3.05) is 0 Å². The van der Waals surface area contributed by atoms with Gasteiger partial charge in [-0.1, -0.05) is 43.7 Å². The molecule has 7 heteroatoms. The van der Waals surface area contributed by atoms with Gasteiger partial charge in [-0.05, 0) is 57.4 Å². The summed E-state index contributed by atoms with van der Waals surface area (Å²) in [5, 5.41) is 3.31. The van der Waals surface area contributed by atoms with Crippen LogP contribution in [0, 0.1) is 6.92 Å². The van der Waals surface area contributed by atoms with Crippen LogP contribution in [0.1, 0.15) is 46.1 Å². The Balaban J connectivity index is 1.91. The third-order valence-corrected chi connectivity index (χ3v) is 4.96.